The van der Waals surface area contributed by atoms with Gasteiger partial charge in [0.25, 0.3) is 0 Å². The van der Waals surface area contributed by atoms with Crippen molar-refractivity contribution in [2.45, 2.75) is 52.6 Å². The average molecular weight is 297 g/mol. The molecule has 5 nitrogen and oxygen atoms in total. The third-order valence-electron chi connectivity index (χ3n) is 3.11. The van der Waals surface area contributed by atoms with Crippen LogP contribution in [-0.4, -0.2) is 34.3 Å². The Morgan fingerprint density at radius 1 is 1.45 bits per heavy atom. The van der Waals surface area contributed by atoms with Crippen LogP contribution in [0.4, 0.5) is 4.79 Å². The van der Waals surface area contributed by atoms with E-state index in [1.54, 1.807) is 32.2 Å². The fourth-order valence-corrected chi connectivity index (χ4v) is 2.25. The Kier molecular flexibility index (Phi) is 5.28. The fraction of sp³-hybridized carbons (Fsp3) is 0.643. The van der Waals surface area contributed by atoms with E-state index < -0.39 is 5.54 Å². The zero-order valence-electron chi connectivity index (χ0n) is 13.0. The molecule has 2 amide bonds. The third-order valence-corrected chi connectivity index (χ3v) is 4.30. The molecule has 0 saturated carbocycles. The Morgan fingerprint density at radius 2 is 2.05 bits per heavy atom. The van der Waals surface area contributed by atoms with Crippen LogP contribution in [0, 0.1) is 0 Å². The molecule has 1 rings (SSSR count). The molecule has 0 fully saturated rings. The Morgan fingerprint density at radius 3 is 2.50 bits per heavy atom. The van der Waals surface area contributed by atoms with Crippen molar-refractivity contribution in [1.29, 1.82) is 0 Å². The second-order valence-electron chi connectivity index (χ2n) is 5.80. The van der Waals surface area contributed by atoms with E-state index in [9.17, 15) is 9.59 Å². The van der Waals surface area contributed by atoms with Gasteiger partial charge in [-0.1, -0.05) is 13.8 Å². The maximum atomic E-state index is 12.0. The van der Waals surface area contributed by atoms with Gasteiger partial charge in [0.1, 0.15) is 0 Å². The van der Waals surface area contributed by atoms with Gasteiger partial charge in [-0.25, -0.2) is 9.78 Å². The molecule has 1 aromatic rings. The summed E-state index contributed by atoms with van der Waals surface area (Å²) in [6, 6.07) is -0.274. The van der Waals surface area contributed by atoms with Crippen LogP contribution in [0.15, 0.2) is 5.38 Å². The number of nitrogens with one attached hydrogen (secondary N) is 1. The summed E-state index contributed by atoms with van der Waals surface area (Å²) >= 11 is 1.61. The highest BCUT2D eigenvalue weighted by Gasteiger charge is 2.27. The quantitative estimate of drug-likeness (QED) is 0.909. The van der Waals surface area contributed by atoms with Crippen LogP contribution in [0.3, 0.4) is 0 Å². The highest BCUT2D eigenvalue weighted by Crippen LogP contribution is 2.19. The molecular formula is C14H23N3O2S. The Hall–Kier alpha value is -1.43. The number of nitrogens with zero attached hydrogens (tertiary/aromatic N) is 2. The normalized spacial score (nSPS) is 11.6. The topological polar surface area (TPSA) is 62.3 Å². The molecule has 0 radical (unpaired) electrons. The van der Waals surface area contributed by atoms with Crippen LogP contribution in [0.5, 0.6) is 0 Å². The van der Waals surface area contributed by atoms with Crippen molar-refractivity contribution in [1.82, 2.24) is 15.2 Å². The first-order chi connectivity index (χ1) is 9.13. The smallest absolute Gasteiger partial charge is 0.318 e. The number of carbonyl (C=O) groups excluding carboxylic acids is 2. The van der Waals surface area contributed by atoms with Crippen molar-refractivity contribution in [2.75, 3.05) is 7.05 Å². The van der Waals surface area contributed by atoms with Crippen molar-refractivity contribution in [2.24, 2.45) is 0 Å². The summed E-state index contributed by atoms with van der Waals surface area (Å²) in [5.41, 5.74) is 0.0215. The standard InChI is InChI=1S/C14H23N3O2S/c1-9(2)12-15-11(8-20-12)7-17(6)13(19)16-14(4,5)10(3)18/h8-9H,7H2,1-6H3,(H,16,19). The van der Waals surface area contributed by atoms with Crippen LogP contribution < -0.4 is 5.32 Å². The van der Waals surface area contributed by atoms with Gasteiger partial charge in [-0.05, 0) is 20.8 Å². The first-order valence-corrected chi connectivity index (χ1v) is 7.50. The molecule has 20 heavy (non-hydrogen) atoms. The van der Waals surface area contributed by atoms with E-state index in [1.807, 2.05) is 5.38 Å². The summed E-state index contributed by atoms with van der Waals surface area (Å²) < 4.78 is 0. The minimum absolute atomic E-state index is 0.0741. The molecule has 0 aromatic carbocycles. The molecule has 1 aromatic heterocycles. The summed E-state index contributed by atoms with van der Waals surface area (Å²) in [4.78, 5) is 29.5. The lowest BCUT2D eigenvalue weighted by Crippen LogP contribution is -2.52. The third kappa shape index (κ3) is 4.30. The number of ketones is 1. The fourth-order valence-electron chi connectivity index (χ4n) is 1.43. The van der Waals surface area contributed by atoms with Gasteiger partial charge in [0.2, 0.25) is 0 Å². The lowest BCUT2D eigenvalue weighted by atomic mass is 10.0. The minimum Gasteiger partial charge on any atom is -0.326 e. The number of thiazole rings is 1. The number of Topliss-reactive ketones (excluding diaryl/α,β-unsaturated/α-hetero) is 1. The zero-order chi connectivity index (χ0) is 15.5. The van der Waals surface area contributed by atoms with Gasteiger partial charge in [-0.3, -0.25) is 4.79 Å². The number of carbonyl (C=O) groups is 2. The largest absolute Gasteiger partial charge is 0.326 e. The number of urea groups is 1. The number of aromatic nitrogens is 1. The number of rotatable bonds is 5. The Balaban J connectivity index is 2.63. The van der Waals surface area contributed by atoms with Gasteiger partial charge < -0.3 is 10.2 Å². The van der Waals surface area contributed by atoms with Crippen LogP contribution in [0.1, 0.15) is 51.2 Å². The summed E-state index contributed by atoms with van der Waals surface area (Å²) in [7, 11) is 1.69. The maximum absolute atomic E-state index is 12.0. The lowest BCUT2D eigenvalue weighted by Gasteiger charge is -2.26. The van der Waals surface area contributed by atoms with E-state index >= 15 is 0 Å². The van der Waals surface area contributed by atoms with Crippen LogP contribution in [-0.2, 0) is 11.3 Å². The minimum atomic E-state index is -0.851. The van der Waals surface area contributed by atoms with Crippen LogP contribution in [0.2, 0.25) is 0 Å². The predicted molar refractivity (Wildman–Crippen MR) is 81.0 cm³/mol. The molecule has 0 bridgehead atoms. The van der Waals surface area contributed by atoms with Gasteiger partial charge in [-0.15, -0.1) is 11.3 Å². The van der Waals surface area contributed by atoms with E-state index in [2.05, 4.69) is 24.1 Å². The molecule has 112 valence electrons. The molecule has 0 aliphatic heterocycles. The molecule has 1 heterocycles. The Bertz CT molecular complexity index is 494. The van der Waals surface area contributed by atoms with Gasteiger partial charge in [0, 0.05) is 18.3 Å². The van der Waals surface area contributed by atoms with Crippen molar-refractivity contribution < 1.29 is 9.59 Å². The van der Waals surface area contributed by atoms with Gasteiger partial charge in [0.05, 0.1) is 22.8 Å². The molecule has 0 spiro atoms. The highest BCUT2D eigenvalue weighted by molar-refractivity contribution is 7.09. The van der Waals surface area contributed by atoms with Gasteiger partial charge in [0.15, 0.2) is 5.78 Å². The second kappa shape index (κ2) is 6.35. The molecule has 0 aliphatic carbocycles. The molecule has 6 heteroatoms. The molecule has 0 saturated heterocycles. The zero-order valence-corrected chi connectivity index (χ0v) is 13.8. The van der Waals surface area contributed by atoms with E-state index in [1.165, 1.54) is 11.8 Å². The van der Waals surface area contributed by atoms with Crippen LogP contribution in [0.25, 0.3) is 0 Å². The SMILES string of the molecule is CC(=O)C(C)(C)NC(=O)N(C)Cc1csc(C(C)C)n1. The second-order valence-corrected chi connectivity index (χ2v) is 6.69. The molecule has 0 unspecified atom stereocenters. The number of hydrogen-bond acceptors (Lipinski definition) is 4. The van der Waals surface area contributed by atoms with Crippen LogP contribution >= 0.6 is 11.3 Å². The van der Waals surface area contributed by atoms with Crippen molar-refractivity contribution in [3.05, 3.63) is 16.1 Å². The highest BCUT2D eigenvalue weighted by atomic mass is 32.1. The lowest BCUT2D eigenvalue weighted by molar-refractivity contribution is -0.121. The summed E-state index contributed by atoms with van der Waals surface area (Å²) in [6.07, 6.45) is 0. The first kappa shape index (κ1) is 16.6. The van der Waals surface area contributed by atoms with Crippen molar-refractivity contribution in [3.8, 4) is 0 Å². The molecule has 1 N–H and O–H groups in total. The van der Waals surface area contributed by atoms with E-state index in [-0.39, 0.29) is 11.8 Å². The molecule has 0 atom stereocenters. The summed E-state index contributed by atoms with van der Waals surface area (Å²) in [6.45, 7) is 9.48. The molecule has 0 aliphatic rings. The Labute approximate surface area is 124 Å². The van der Waals surface area contributed by atoms with Crippen molar-refractivity contribution >= 4 is 23.2 Å². The van der Waals surface area contributed by atoms with E-state index in [4.69, 9.17) is 0 Å². The van der Waals surface area contributed by atoms with Crippen molar-refractivity contribution in [3.63, 3.8) is 0 Å². The summed E-state index contributed by atoms with van der Waals surface area (Å²) in [5.74, 6) is 0.319. The molecular weight excluding hydrogens is 274 g/mol. The van der Waals surface area contributed by atoms with E-state index in [0.29, 0.717) is 12.5 Å². The van der Waals surface area contributed by atoms with Gasteiger partial charge in [-0.2, -0.15) is 0 Å². The average Bonchev–Trinajstić information content (AvgIpc) is 2.76. The summed E-state index contributed by atoms with van der Waals surface area (Å²) in [5, 5.41) is 5.75. The van der Waals surface area contributed by atoms with E-state index in [0.717, 1.165) is 10.7 Å². The number of hydrogen-bond donors (Lipinski definition) is 1. The first-order valence-electron chi connectivity index (χ1n) is 6.62. The predicted octanol–water partition coefficient (Wildman–Crippen LogP) is 2.78. The number of amides is 2. The monoisotopic (exact) mass is 297 g/mol. The maximum Gasteiger partial charge on any atom is 0.318 e. The van der Waals surface area contributed by atoms with Gasteiger partial charge >= 0.3 is 6.03 Å².